The molecule has 0 spiro atoms. The molecule has 0 fully saturated rings. The van der Waals surface area contributed by atoms with Crippen LogP contribution in [0.15, 0.2) is 158 Å². The zero-order chi connectivity index (χ0) is 27.6. The number of para-hydroxylation sites is 1. The van der Waals surface area contributed by atoms with Crippen LogP contribution in [0.5, 0.6) is 0 Å². The zero-order valence-electron chi connectivity index (χ0n) is 22.9. The van der Waals surface area contributed by atoms with Crippen LogP contribution in [0.2, 0.25) is 0 Å². The van der Waals surface area contributed by atoms with Gasteiger partial charge in [0.05, 0.1) is 16.6 Å². The molecule has 0 saturated heterocycles. The van der Waals surface area contributed by atoms with Crippen molar-refractivity contribution in [3.05, 3.63) is 158 Å². The predicted molar refractivity (Wildman–Crippen MR) is 178 cm³/mol. The molecule has 9 aromatic rings. The molecule has 0 radical (unpaired) electrons. The van der Waals surface area contributed by atoms with Crippen LogP contribution in [-0.4, -0.2) is 9.13 Å². The summed E-state index contributed by atoms with van der Waals surface area (Å²) in [6, 6.07) is 55.0. The average molecular weight is 535 g/mol. The van der Waals surface area contributed by atoms with E-state index in [0.29, 0.717) is 0 Å². The maximum Gasteiger partial charge on any atom is 0.0635 e. The number of nitrogens with zero attached hydrogens (tertiary/aromatic N) is 2. The zero-order valence-corrected chi connectivity index (χ0v) is 22.9. The van der Waals surface area contributed by atoms with Crippen molar-refractivity contribution in [1.82, 2.24) is 9.13 Å². The minimum absolute atomic E-state index is 1.16. The number of rotatable bonds is 3. The molecule has 42 heavy (non-hydrogen) atoms. The third kappa shape index (κ3) is 3.39. The Morgan fingerprint density at radius 2 is 1.02 bits per heavy atom. The lowest BCUT2D eigenvalue weighted by molar-refractivity contribution is 1.13. The second kappa shape index (κ2) is 8.95. The number of benzene rings is 7. The third-order valence-corrected chi connectivity index (χ3v) is 8.74. The molecule has 0 aliphatic rings. The molecule has 0 aliphatic heterocycles. The summed E-state index contributed by atoms with van der Waals surface area (Å²) in [5.41, 5.74) is 8.46. The quantitative estimate of drug-likeness (QED) is 0.200. The monoisotopic (exact) mass is 534 g/mol. The smallest absolute Gasteiger partial charge is 0.0635 e. The van der Waals surface area contributed by atoms with E-state index in [4.69, 9.17) is 0 Å². The van der Waals surface area contributed by atoms with Crippen LogP contribution in [0.1, 0.15) is 0 Å². The van der Waals surface area contributed by atoms with Crippen LogP contribution in [0, 0.1) is 0 Å². The molecular weight excluding hydrogens is 508 g/mol. The first-order chi connectivity index (χ1) is 20.8. The highest BCUT2D eigenvalue weighted by Gasteiger charge is 2.17. The Hall–Kier alpha value is -5.60. The van der Waals surface area contributed by atoms with Gasteiger partial charge in [-0.15, -0.1) is 0 Å². The van der Waals surface area contributed by atoms with Gasteiger partial charge in [-0.25, -0.2) is 0 Å². The minimum Gasteiger partial charge on any atom is -0.316 e. The van der Waals surface area contributed by atoms with E-state index in [1.807, 2.05) is 0 Å². The third-order valence-electron chi connectivity index (χ3n) is 8.74. The van der Waals surface area contributed by atoms with Gasteiger partial charge in [-0.2, -0.15) is 0 Å². The summed E-state index contributed by atoms with van der Waals surface area (Å²) in [7, 11) is 0. The summed E-state index contributed by atoms with van der Waals surface area (Å²) in [4.78, 5) is 0. The van der Waals surface area contributed by atoms with Gasteiger partial charge in [-0.05, 0) is 75.1 Å². The van der Waals surface area contributed by atoms with E-state index in [9.17, 15) is 0 Å². The van der Waals surface area contributed by atoms with Gasteiger partial charge in [0.15, 0.2) is 0 Å². The summed E-state index contributed by atoms with van der Waals surface area (Å²) >= 11 is 0. The molecule has 0 N–H and O–H groups in total. The molecule has 2 nitrogen and oxygen atoms in total. The second-order valence-electron chi connectivity index (χ2n) is 11.0. The largest absolute Gasteiger partial charge is 0.316 e. The van der Waals surface area contributed by atoms with E-state index in [1.54, 1.807) is 0 Å². The van der Waals surface area contributed by atoms with Crippen LogP contribution in [0.3, 0.4) is 0 Å². The number of hydrogen-bond donors (Lipinski definition) is 0. The van der Waals surface area contributed by atoms with Crippen LogP contribution >= 0.6 is 0 Å². The van der Waals surface area contributed by atoms with Crippen molar-refractivity contribution >= 4 is 54.3 Å². The Kier molecular flexibility index (Phi) is 4.93. The van der Waals surface area contributed by atoms with Crippen LogP contribution in [0.25, 0.3) is 76.8 Å². The SMILES string of the molecule is c1ccc(-c2ccc(-n3ccc4c3ccc3c5ccccc5n(-c5ccc6c(ccc7ccccc76)c5)c34)cc2)cc1. The van der Waals surface area contributed by atoms with Crippen molar-refractivity contribution in [2.45, 2.75) is 0 Å². The normalized spacial score (nSPS) is 11.8. The van der Waals surface area contributed by atoms with E-state index in [0.717, 1.165) is 5.69 Å². The van der Waals surface area contributed by atoms with Gasteiger partial charge >= 0.3 is 0 Å². The van der Waals surface area contributed by atoms with Crippen LogP contribution in [0.4, 0.5) is 0 Å². The minimum atomic E-state index is 1.16. The van der Waals surface area contributed by atoms with Crippen molar-refractivity contribution in [1.29, 1.82) is 0 Å². The average Bonchev–Trinajstić information content (AvgIpc) is 3.64. The molecule has 2 aromatic heterocycles. The van der Waals surface area contributed by atoms with Crippen molar-refractivity contribution in [3.63, 3.8) is 0 Å². The van der Waals surface area contributed by atoms with Gasteiger partial charge in [-0.3, -0.25) is 0 Å². The lowest BCUT2D eigenvalue weighted by Gasteiger charge is -2.12. The van der Waals surface area contributed by atoms with E-state index in [1.165, 1.54) is 71.1 Å². The van der Waals surface area contributed by atoms with Crippen molar-refractivity contribution in [2.24, 2.45) is 0 Å². The van der Waals surface area contributed by atoms with Gasteiger partial charge < -0.3 is 9.13 Å². The van der Waals surface area contributed by atoms with Gasteiger partial charge in [0.1, 0.15) is 0 Å². The molecule has 0 aliphatic carbocycles. The highest BCUT2D eigenvalue weighted by molar-refractivity contribution is 6.18. The lowest BCUT2D eigenvalue weighted by Crippen LogP contribution is -1.95. The molecule has 0 unspecified atom stereocenters. The second-order valence-corrected chi connectivity index (χ2v) is 11.0. The predicted octanol–water partition coefficient (Wildman–Crippen LogP) is 10.7. The standard InChI is InChI=1S/C40H26N2/c1-2-8-27(9-3-1)28-16-18-31(19-17-28)41-25-24-37-38(41)23-22-36-35-12-6-7-13-39(35)42(40(36)37)32-20-21-34-30(26-32)15-14-29-10-4-5-11-33(29)34/h1-26H. The van der Waals surface area contributed by atoms with E-state index < -0.39 is 0 Å². The molecule has 9 rings (SSSR count). The van der Waals surface area contributed by atoms with Crippen molar-refractivity contribution in [2.75, 3.05) is 0 Å². The molecule has 7 aromatic carbocycles. The molecule has 196 valence electrons. The van der Waals surface area contributed by atoms with Gasteiger partial charge in [0.25, 0.3) is 0 Å². The van der Waals surface area contributed by atoms with E-state index in [-0.39, 0.29) is 0 Å². The topological polar surface area (TPSA) is 9.86 Å². The highest BCUT2D eigenvalue weighted by atomic mass is 15.0. The molecule has 0 bridgehead atoms. The molecule has 0 amide bonds. The summed E-state index contributed by atoms with van der Waals surface area (Å²) < 4.78 is 4.75. The number of hydrogen-bond acceptors (Lipinski definition) is 0. The van der Waals surface area contributed by atoms with Crippen LogP contribution < -0.4 is 0 Å². The molecular formula is C40H26N2. The summed E-state index contributed by atoms with van der Waals surface area (Å²) in [6.45, 7) is 0. The summed E-state index contributed by atoms with van der Waals surface area (Å²) in [5.74, 6) is 0. The Morgan fingerprint density at radius 1 is 0.357 bits per heavy atom. The maximum absolute atomic E-state index is 2.45. The van der Waals surface area contributed by atoms with Gasteiger partial charge in [-0.1, -0.05) is 109 Å². The first-order valence-electron chi connectivity index (χ1n) is 14.4. The van der Waals surface area contributed by atoms with Crippen LogP contribution in [-0.2, 0) is 0 Å². The Labute approximate surface area is 243 Å². The summed E-state index contributed by atoms with van der Waals surface area (Å²) in [6.07, 6.45) is 2.20. The fraction of sp³-hybridized carbons (Fsp3) is 0. The van der Waals surface area contributed by atoms with Crippen molar-refractivity contribution < 1.29 is 0 Å². The Bertz CT molecular complexity index is 2440. The first kappa shape index (κ1) is 23.1. The fourth-order valence-corrected chi connectivity index (χ4v) is 6.75. The fourth-order valence-electron chi connectivity index (χ4n) is 6.75. The highest BCUT2D eigenvalue weighted by Crippen LogP contribution is 2.38. The van der Waals surface area contributed by atoms with E-state index >= 15 is 0 Å². The summed E-state index contributed by atoms with van der Waals surface area (Å²) in [5, 5.41) is 8.89. The molecule has 0 saturated carbocycles. The molecule has 2 heteroatoms. The number of aromatic nitrogens is 2. The molecule has 2 heterocycles. The van der Waals surface area contributed by atoms with Gasteiger partial charge in [0.2, 0.25) is 0 Å². The first-order valence-corrected chi connectivity index (χ1v) is 14.4. The Morgan fingerprint density at radius 3 is 1.90 bits per heavy atom. The van der Waals surface area contributed by atoms with Crippen molar-refractivity contribution in [3.8, 4) is 22.5 Å². The molecule has 0 atom stereocenters. The number of fused-ring (bicyclic) bond motifs is 8. The maximum atomic E-state index is 2.45. The van der Waals surface area contributed by atoms with Gasteiger partial charge in [0, 0.05) is 33.7 Å². The van der Waals surface area contributed by atoms with E-state index in [2.05, 4.69) is 167 Å². The Balaban J connectivity index is 1.26. The lowest BCUT2D eigenvalue weighted by atomic mass is 10.0.